The van der Waals surface area contributed by atoms with Crippen LogP contribution in [0.2, 0.25) is 0 Å². The second kappa shape index (κ2) is 6.04. The van der Waals surface area contributed by atoms with Crippen LogP contribution in [0, 0.1) is 0 Å². The highest BCUT2D eigenvalue weighted by molar-refractivity contribution is 5.97. The number of anilines is 1. The number of carbonyl (C=O) groups excluding carboxylic acids is 1. The van der Waals surface area contributed by atoms with Crippen molar-refractivity contribution in [3.05, 3.63) is 24.3 Å². The summed E-state index contributed by atoms with van der Waals surface area (Å²) in [6, 6.07) is 7.23. The Labute approximate surface area is 113 Å². The average Bonchev–Trinajstić information content (AvgIpc) is 2.86. The molecule has 1 aliphatic heterocycles. The minimum absolute atomic E-state index is 0.0966. The molecule has 5 nitrogen and oxygen atoms in total. The fourth-order valence-corrected chi connectivity index (χ4v) is 2.03. The van der Waals surface area contributed by atoms with Crippen LogP contribution in [0.5, 0.6) is 5.75 Å². The Hall–Kier alpha value is -1.59. The monoisotopic (exact) mass is 264 g/mol. The van der Waals surface area contributed by atoms with Crippen LogP contribution in [-0.4, -0.2) is 31.3 Å². The highest BCUT2D eigenvalue weighted by Crippen LogP contribution is 2.27. The van der Waals surface area contributed by atoms with Crippen LogP contribution in [0.3, 0.4) is 0 Å². The van der Waals surface area contributed by atoms with Crippen LogP contribution < -0.4 is 15.8 Å². The number of amides is 1. The summed E-state index contributed by atoms with van der Waals surface area (Å²) in [6.45, 7) is 3.44. The third-order valence-electron chi connectivity index (χ3n) is 3.20. The van der Waals surface area contributed by atoms with Gasteiger partial charge in [-0.1, -0.05) is 0 Å². The summed E-state index contributed by atoms with van der Waals surface area (Å²) in [7, 11) is 0. The summed E-state index contributed by atoms with van der Waals surface area (Å²) in [4.78, 5) is 12.1. The van der Waals surface area contributed by atoms with Gasteiger partial charge in [-0.2, -0.15) is 0 Å². The van der Waals surface area contributed by atoms with Crippen molar-refractivity contribution in [2.45, 2.75) is 25.4 Å². The van der Waals surface area contributed by atoms with Crippen molar-refractivity contribution < 1.29 is 14.3 Å². The van der Waals surface area contributed by atoms with Gasteiger partial charge in [0, 0.05) is 18.8 Å². The van der Waals surface area contributed by atoms with E-state index in [1.54, 1.807) is 0 Å². The van der Waals surface area contributed by atoms with E-state index in [1.807, 2.05) is 31.2 Å². The minimum atomic E-state index is -0.700. The predicted octanol–water partition coefficient (Wildman–Crippen LogP) is 1.53. The molecule has 0 aromatic heterocycles. The molecule has 0 spiro atoms. The number of carbonyl (C=O) groups is 1. The Morgan fingerprint density at radius 1 is 1.47 bits per heavy atom. The molecule has 104 valence electrons. The number of nitrogens with two attached hydrogens (primary N) is 1. The highest BCUT2D eigenvalue weighted by atomic mass is 16.5. The van der Waals surface area contributed by atoms with E-state index in [-0.39, 0.29) is 5.91 Å². The minimum Gasteiger partial charge on any atom is -0.492 e. The first-order valence-corrected chi connectivity index (χ1v) is 6.52. The molecule has 1 aromatic rings. The quantitative estimate of drug-likeness (QED) is 0.846. The lowest BCUT2D eigenvalue weighted by Crippen LogP contribution is -2.39. The van der Waals surface area contributed by atoms with Crippen molar-refractivity contribution in [1.82, 2.24) is 0 Å². The van der Waals surface area contributed by atoms with Gasteiger partial charge < -0.3 is 20.5 Å². The molecule has 1 aromatic carbocycles. The van der Waals surface area contributed by atoms with Crippen molar-refractivity contribution in [2.75, 3.05) is 25.1 Å². The molecule has 3 N–H and O–H groups in total. The molecular weight excluding hydrogens is 244 g/mol. The van der Waals surface area contributed by atoms with Crippen molar-refractivity contribution in [3.8, 4) is 5.75 Å². The summed E-state index contributed by atoms with van der Waals surface area (Å²) < 4.78 is 10.9. The van der Waals surface area contributed by atoms with Crippen molar-refractivity contribution in [2.24, 2.45) is 5.73 Å². The van der Waals surface area contributed by atoms with E-state index in [0.29, 0.717) is 19.8 Å². The average molecular weight is 264 g/mol. The zero-order valence-corrected chi connectivity index (χ0v) is 11.1. The first-order valence-electron chi connectivity index (χ1n) is 6.52. The van der Waals surface area contributed by atoms with Gasteiger partial charge in [0.1, 0.15) is 18.0 Å². The van der Waals surface area contributed by atoms with Gasteiger partial charge in [-0.05, 0) is 44.0 Å². The molecule has 0 aliphatic carbocycles. The van der Waals surface area contributed by atoms with E-state index in [1.165, 1.54) is 0 Å². The maximum absolute atomic E-state index is 12.1. The summed E-state index contributed by atoms with van der Waals surface area (Å²) in [5.74, 6) is 0.646. The zero-order chi connectivity index (χ0) is 13.7. The number of hydrogen-bond acceptors (Lipinski definition) is 4. The number of benzene rings is 1. The fourth-order valence-electron chi connectivity index (χ4n) is 2.03. The molecule has 5 heteroatoms. The Kier molecular flexibility index (Phi) is 4.39. The van der Waals surface area contributed by atoms with Gasteiger partial charge in [0.05, 0.1) is 0 Å². The molecule has 1 heterocycles. The molecule has 1 aliphatic rings. The number of hydrogen-bond donors (Lipinski definition) is 2. The molecule has 1 atom stereocenters. The van der Waals surface area contributed by atoms with E-state index in [9.17, 15) is 4.79 Å². The predicted molar refractivity (Wildman–Crippen MR) is 73.2 cm³/mol. The van der Waals surface area contributed by atoms with Crippen molar-refractivity contribution in [3.63, 3.8) is 0 Å². The lowest BCUT2D eigenvalue weighted by molar-refractivity contribution is -0.133. The standard InChI is InChI=1S/C14H20N2O3/c1-14(7-2-9-19-14)13(17)16-11-3-5-12(6-4-11)18-10-8-15/h3-6H,2,7-10,15H2,1H3,(H,16,17). The van der Waals surface area contributed by atoms with Crippen molar-refractivity contribution >= 4 is 11.6 Å². The van der Waals surface area contributed by atoms with Gasteiger partial charge in [0.25, 0.3) is 5.91 Å². The van der Waals surface area contributed by atoms with Crippen LogP contribution in [-0.2, 0) is 9.53 Å². The van der Waals surface area contributed by atoms with E-state index >= 15 is 0 Å². The smallest absolute Gasteiger partial charge is 0.256 e. The Morgan fingerprint density at radius 3 is 2.79 bits per heavy atom. The van der Waals surface area contributed by atoms with Crippen molar-refractivity contribution in [1.29, 1.82) is 0 Å². The number of nitrogens with one attached hydrogen (secondary N) is 1. The molecule has 19 heavy (non-hydrogen) atoms. The largest absolute Gasteiger partial charge is 0.492 e. The first-order chi connectivity index (χ1) is 9.14. The zero-order valence-electron chi connectivity index (χ0n) is 11.1. The second-order valence-electron chi connectivity index (χ2n) is 4.80. The summed E-state index contributed by atoms with van der Waals surface area (Å²) >= 11 is 0. The topological polar surface area (TPSA) is 73.6 Å². The molecule has 0 radical (unpaired) electrons. The fraction of sp³-hybridized carbons (Fsp3) is 0.500. The third kappa shape index (κ3) is 3.45. The Bertz CT molecular complexity index is 425. The molecule has 1 saturated heterocycles. The van der Waals surface area contributed by atoms with Crippen LogP contribution in [0.15, 0.2) is 24.3 Å². The normalized spacial score (nSPS) is 22.2. The van der Waals surface area contributed by atoms with Gasteiger partial charge in [0.2, 0.25) is 0 Å². The van der Waals surface area contributed by atoms with Crippen LogP contribution in [0.4, 0.5) is 5.69 Å². The first kappa shape index (κ1) is 13.8. The van der Waals surface area contributed by atoms with E-state index in [0.717, 1.165) is 24.3 Å². The molecule has 2 rings (SSSR count). The number of ether oxygens (including phenoxy) is 2. The lowest BCUT2D eigenvalue weighted by atomic mass is 10.0. The molecule has 1 fully saturated rings. The van der Waals surface area contributed by atoms with Crippen LogP contribution in [0.1, 0.15) is 19.8 Å². The summed E-state index contributed by atoms with van der Waals surface area (Å²) in [5.41, 5.74) is 5.40. The third-order valence-corrected chi connectivity index (χ3v) is 3.20. The molecule has 1 unspecified atom stereocenters. The van der Waals surface area contributed by atoms with E-state index in [2.05, 4.69) is 5.32 Å². The van der Waals surface area contributed by atoms with Crippen LogP contribution >= 0.6 is 0 Å². The molecular formula is C14H20N2O3. The van der Waals surface area contributed by atoms with Gasteiger partial charge in [0.15, 0.2) is 0 Å². The van der Waals surface area contributed by atoms with Gasteiger partial charge >= 0.3 is 0 Å². The van der Waals surface area contributed by atoms with E-state index in [4.69, 9.17) is 15.2 Å². The van der Waals surface area contributed by atoms with E-state index < -0.39 is 5.60 Å². The SMILES string of the molecule is CC1(C(=O)Nc2ccc(OCCN)cc2)CCCO1. The van der Waals surface area contributed by atoms with Gasteiger partial charge in [-0.3, -0.25) is 4.79 Å². The molecule has 1 amide bonds. The summed E-state index contributed by atoms with van der Waals surface area (Å²) in [5, 5.41) is 2.86. The Morgan fingerprint density at radius 2 is 2.21 bits per heavy atom. The maximum Gasteiger partial charge on any atom is 0.256 e. The van der Waals surface area contributed by atoms with Gasteiger partial charge in [-0.15, -0.1) is 0 Å². The van der Waals surface area contributed by atoms with Gasteiger partial charge in [-0.25, -0.2) is 0 Å². The second-order valence-corrected chi connectivity index (χ2v) is 4.80. The lowest BCUT2D eigenvalue weighted by Gasteiger charge is -2.21. The van der Waals surface area contributed by atoms with Crippen LogP contribution in [0.25, 0.3) is 0 Å². The molecule has 0 bridgehead atoms. The summed E-state index contributed by atoms with van der Waals surface area (Å²) in [6.07, 6.45) is 1.69. The molecule has 0 saturated carbocycles. The number of rotatable bonds is 5. The highest BCUT2D eigenvalue weighted by Gasteiger charge is 2.37. The Balaban J connectivity index is 1.93. The maximum atomic E-state index is 12.1.